The minimum Gasteiger partial charge on any atom is -0.338 e. The summed E-state index contributed by atoms with van der Waals surface area (Å²) < 4.78 is 0. The Bertz CT molecular complexity index is 320. The first-order chi connectivity index (χ1) is 7.09. The second-order valence-corrected chi connectivity index (χ2v) is 4.98. The molecule has 0 atom stereocenters. The Hall–Kier alpha value is -1.03. The van der Waals surface area contributed by atoms with Crippen LogP contribution in [0, 0.1) is 12.8 Å². The molecule has 0 unspecified atom stereocenters. The van der Waals surface area contributed by atoms with Crippen molar-refractivity contribution >= 4 is 17.4 Å². The third kappa shape index (κ3) is 4.34. The number of urea groups is 1. The van der Waals surface area contributed by atoms with E-state index in [0.717, 1.165) is 6.54 Å². The Morgan fingerprint density at radius 1 is 1.47 bits per heavy atom. The van der Waals surface area contributed by atoms with E-state index in [0.29, 0.717) is 12.5 Å². The fourth-order valence-electron chi connectivity index (χ4n) is 1.11. The zero-order valence-electron chi connectivity index (χ0n) is 9.46. The van der Waals surface area contributed by atoms with E-state index in [-0.39, 0.29) is 6.03 Å². The predicted octanol–water partition coefficient (Wildman–Crippen LogP) is 2.51. The zero-order chi connectivity index (χ0) is 11.3. The van der Waals surface area contributed by atoms with Gasteiger partial charge in [-0.05, 0) is 29.9 Å². The summed E-state index contributed by atoms with van der Waals surface area (Å²) in [5.74, 6) is 0.485. The molecule has 0 aliphatic heterocycles. The van der Waals surface area contributed by atoms with E-state index in [9.17, 15) is 4.79 Å². The van der Waals surface area contributed by atoms with Crippen LogP contribution in [0.3, 0.4) is 0 Å². The van der Waals surface area contributed by atoms with E-state index >= 15 is 0 Å². The monoisotopic (exact) mass is 226 g/mol. The quantitative estimate of drug-likeness (QED) is 0.813. The van der Waals surface area contributed by atoms with Crippen LogP contribution in [0.1, 0.15) is 24.3 Å². The molecule has 0 saturated carbocycles. The average molecular weight is 226 g/mol. The lowest BCUT2D eigenvalue weighted by molar-refractivity contribution is 0.239. The van der Waals surface area contributed by atoms with Gasteiger partial charge in [-0.15, -0.1) is 11.3 Å². The van der Waals surface area contributed by atoms with Crippen molar-refractivity contribution in [1.82, 2.24) is 10.6 Å². The SMILES string of the molecule is Cc1ccsc1CNC(=O)NCC(C)C. The highest BCUT2D eigenvalue weighted by atomic mass is 32.1. The first-order valence-electron chi connectivity index (χ1n) is 5.14. The van der Waals surface area contributed by atoms with Crippen molar-refractivity contribution in [1.29, 1.82) is 0 Å². The van der Waals surface area contributed by atoms with Crippen molar-refractivity contribution in [2.24, 2.45) is 5.92 Å². The summed E-state index contributed by atoms with van der Waals surface area (Å²) in [6, 6.07) is 1.98. The molecular formula is C11H18N2OS. The van der Waals surface area contributed by atoms with Gasteiger partial charge in [0.25, 0.3) is 0 Å². The van der Waals surface area contributed by atoms with Crippen LogP contribution in [0.2, 0.25) is 0 Å². The third-order valence-corrected chi connectivity index (χ3v) is 3.07. The van der Waals surface area contributed by atoms with Crippen molar-refractivity contribution in [2.45, 2.75) is 27.3 Å². The molecule has 0 bridgehead atoms. The lowest BCUT2D eigenvalue weighted by Gasteiger charge is -2.08. The van der Waals surface area contributed by atoms with Gasteiger partial charge in [-0.25, -0.2) is 4.79 Å². The van der Waals surface area contributed by atoms with Crippen LogP contribution >= 0.6 is 11.3 Å². The largest absolute Gasteiger partial charge is 0.338 e. The van der Waals surface area contributed by atoms with Gasteiger partial charge in [-0.1, -0.05) is 13.8 Å². The first-order valence-corrected chi connectivity index (χ1v) is 6.02. The molecule has 0 spiro atoms. The topological polar surface area (TPSA) is 41.1 Å². The summed E-state index contributed by atoms with van der Waals surface area (Å²) in [6.07, 6.45) is 0. The molecule has 2 amide bonds. The van der Waals surface area contributed by atoms with Crippen LogP contribution in [0.4, 0.5) is 4.79 Å². The molecule has 84 valence electrons. The van der Waals surface area contributed by atoms with Gasteiger partial charge >= 0.3 is 6.03 Å². The molecule has 1 aromatic rings. The lowest BCUT2D eigenvalue weighted by atomic mass is 10.2. The summed E-state index contributed by atoms with van der Waals surface area (Å²) in [6.45, 7) is 7.54. The van der Waals surface area contributed by atoms with Gasteiger partial charge in [-0.3, -0.25) is 0 Å². The molecule has 1 aromatic heterocycles. The maximum Gasteiger partial charge on any atom is 0.315 e. The number of carbonyl (C=O) groups is 1. The van der Waals surface area contributed by atoms with E-state index in [2.05, 4.69) is 37.5 Å². The standard InChI is InChI=1S/C11H18N2OS/c1-8(2)6-12-11(14)13-7-10-9(3)4-5-15-10/h4-5,8H,6-7H2,1-3H3,(H2,12,13,14). The van der Waals surface area contributed by atoms with Gasteiger partial charge in [0.05, 0.1) is 6.54 Å². The first kappa shape index (κ1) is 12.0. The predicted molar refractivity (Wildman–Crippen MR) is 64.1 cm³/mol. The van der Waals surface area contributed by atoms with Gasteiger partial charge in [-0.2, -0.15) is 0 Å². The molecule has 0 aliphatic carbocycles. The molecular weight excluding hydrogens is 208 g/mol. The minimum atomic E-state index is -0.0866. The molecule has 0 aromatic carbocycles. The van der Waals surface area contributed by atoms with Crippen LogP contribution in [0.25, 0.3) is 0 Å². The molecule has 2 N–H and O–H groups in total. The Balaban J connectivity index is 2.26. The number of aryl methyl sites for hydroxylation is 1. The van der Waals surface area contributed by atoms with Crippen LogP contribution < -0.4 is 10.6 Å². The van der Waals surface area contributed by atoms with Gasteiger partial charge in [0.2, 0.25) is 0 Å². The summed E-state index contributed by atoms with van der Waals surface area (Å²) in [7, 11) is 0. The van der Waals surface area contributed by atoms with E-state index in [1.54, 1.807) is 11.3 Å². The van der Waals surface area contributed by atoms with Gasteiger partial charge in [0.1, 0.15) is 0 Å². The fourth-order valence-corrected chi connectivity index (χ4v) is 1.95. The Labute approximate surface area is 94.9 Å². The van der Waals surface area contributed by atoms with Crippen molar-refractivity contribution < 1.29 is 4.79 Å². The molecule has 1 rings (SSSR count). The highest BCUT2D eigenvalue weighted by Crippen LogP contribution is 2.14. The zero-order valence-corrected chi connectivity index (χ0v) is 10.3. The number of hydrogen-bond donors (Lipinski definition) is 2. The fraction of sp³-hybridized carbons (Fsp3) is 0.545. The smallest absolute Gasteiger partial charge is 0.315 e. The molecule has 1 heterocycles. The minimum absolute atomic E-state index is 0.0866. The molecule has 3 nitrogen and oxygen atoms in total. The van der Waals surface area contributed by atoms with Gasteiger partial charge in [0.15, 0.2) is 0 Å². The molecule has 15 heavy (non-hydrogen) atoms. The Kier molecular flexibility index (Phi) is 4.62. The number of thiophene rings is 1. The molecule has 4 heteroatoms. The van der Waals surface area contributed by atoms with E-state index in [1.807, 2.05) is 5.38 Å². The van der Waals surface area contributed by atoms with Crippen molar-refractivity contribution in [3.63, 3.8) is 0 Å². The average Bonchev–Trinajstić information content (AvgIpc) is 2.58. The molecule has 0 saturated heterocycles. The Morgan fingerprint density at radius 2 is 2.20 bits per heavy atom. The molecule has 0 fully saturated rings. The second-order valence-electron chi connectivity index (χ2n) is 3.98. The maximum absolute atomic E-state index is 11.3. The summed E-state index contributed by atoms with van der Waals surface area (Å²) >= 11 is 1.67. The number of carbonyl (C=O) groups excluding carboxylic acids is 1. The maximum atomic E-state index is 11.3. The van der Waals surface area contributed by atoms with E-state index in [4.69, 9.17) is 0 Å². The van der Waals surface area contributed by atoms with Crippen molar-refractivity contribution in [2.75, 3.05) is 6.54 Å². The number of amides is 2. The van der Waals surface area contributed by atoms with Crippen molar-refractivity contribution in [3.05, 3.63) is 21.9 Å². The third-order valence-electron chi connectivity index (χ3n) is 2.05. The normalized spacial score (nSPS) is 10.4. The molecule has 0 aliphatic rings. The van der Waals surface area contributed by atoms with Crippen LogP contribution in [-0.4, -0.2) is 12.6 Å². The highest BCUT2D eigenvalue weighted by molar-refractivity contribution is 7.10. The Morgan fingerprint density at radius 3 is 2.73 bits per heavy atom. The number of rotatable bonds is 4. The number of hydrogen-bond acceptors (Lipinski definition) is 2. The summed E-state index contributed by atoms with van der Waals surface area (Å²) in [4.78, 5) is 12.6. The molecule has 0 radical (unpaired) electrons. The van der Waals surface area contributed by atoms with E-state index < -0.39 is 0 Å². The van der Waals surface area contributed by atoms with Crippen LogP contribution in [0.5, 0.6) is 0 Å². The summed E-state index contributed by atoms with van der Waals surface area (Å²) in [5.41, 5.74) is 1.24. The van der Waals surface area contributed by atoms with Crippen LogP contribution in [-0.2, 0) is 6.54 Å². The number of nitrogens with one attached hydrogen (secondary N) is 2. The van der Waals surface area contributed by atoms with Crippen LogP contribution in [0.15, 0.2) is 11.4 Å². The lowest BCUT2D eigenvalue weighted by Crippen LogP contribution is -2.36. The van der Waals surface area contributed by atoms with Gasteiger partial charge < -0.3 is 10.6 Å². The highest BCUT2D eigenvalue weighted by Gasteiger charge is 2.03. The van der Waals surface area contributed by atoms with E-state index in [1.165, 1.54) is 10.4 Å². The summed E-state index contributed by atoms with van der Waals surface area (Å²) in [5, 5.41) is 7.70. The van der Waals surface area contributed by atoms with Crippen molar-refractivity contribution in [3.8, 4) is 0 Å². The second kappa shape index (κ2) is 5.75. The van der Waals surface area contributed by atoms with Gasteiger partial charge in [0, 0.05) is 11.4 Å².